The highest BCUT2D eigenvalue weighted by atomic mass is 16.2. The highest BCUT2D eigenvalue weighted by Crippen LogP contribution is 2.21. The minimum atomic E-state index is -0.654. The van der Waals surface area contributed by atoms with Crippen LogP contribution in [0.15, 0.2) is 24.3 Å². The van der Waals surface area contributed by atoms with Gasteiger partial charge in [-0.15, -0.1) is 0 Å². The molecule has 5 nitrogen and oxygen atoms in total. The van der Waals surface area contributed by atoms with Crippen molar-refractivity contribution in [3.05, 3.63) is 24.3 Å². The molecular formula is C13H19N3O2. The van der Waals surface area contributed by atoms with E-state index in [0.29, 0.717) is 23.7 Å². The number of hydrogen-bond acceptors (Lipinski definition) is 2. The van der Waals surface area contributed by atoms with Gasteiger partial charge in [-0.05, 0) is 18.1 Å². The topological polar surface area (TPSA) is 84.2 Å². The Labute approximate surface area is 107 Å². The lowest BCUT2D eigenvalue weighted by atomic mass is 10.0. The zero-order chi connectivity index (χ0) is 13.5. The lowest BCUT2D eigenvalue weighted by Crippen LogP contribution is -2.21. The van der Waals surface area contributed by atoms with Gasteiger partial charge in [-0.3, -0.25) is 4.79 Å². The second kappa shape index (κ2) is 6.64. The minimum absolute atomic E-state index is 0.0666. The highest BCUT2D eigenvalue weighted by molar-refractivity contribution is 5.98. The normalized spacial score (nSPS) is 11.7. The number of para-hydroxylation sites is 2. The second-order valence-corrected chi connectivity index (χ2v) is 4.30. The fraction of sp³-hybridized carbons (Fsp3) is 0.385. The van der Waals surface area contributed by atoms with Gasteiger partial charge in [-0.25, -0.2) is 4.79 Å². The first-order valence-corrected chi connectivity index (χ1v) is 5.98. The summed E-state index contributed by atoms with van der Waals surface area (Å²) in [6.45, 7) is 4.06. The molecule has 1 unspecified atom stereocenters. The van der Waals surface area contributed by atoms with E-state index < -0.39 is 6.03 Å². The molecule has 1 rings (SSSR count). The summed E-state index contributed by atoms with van der Waals surface area (Å²) in [5, 5.41) is 5.24. The zero-order valence-corrected chi connectivity index (χ0v) is 10.7. The maximum absolute atomic E-state index is 11.8. The Morgan fingerprint density at radius 3 is 2.28 bits per heavy atom. The Bertz CT molecular complexity index is 432. The Morgan fingerprint density at radius 1 is 1.22 bits per heavy atom. The van der Waals surface area contributed by atoms with Crippen molar-refractivity contribution in [1.29, 1.82) is 0 Å². The highest BCUT2D eigenvalue weighted by Gasteiger charge is 2.10. The summed E-state index contributed by atoms with van der Waals surface area (Å²) in [6.07, 6.45) is 1.41. The maximum Gasteiger partial charge on any atom is 0.316 e. The number of carbonyl (C=O) groups is 2. The van der Waals surface area contributed by atoms with Crippen molar-refractivity contribution >= 4 is 23.3 Å². The molecule has 0 aromatic heterocycles. The van der Waals surface area contributed by atoms with Crippen molar-refractivity contribution in [1.82, 2.24) is 0 Å². The molecule has 1 aromatic rings. The number of rotatable bonds is 5. The van der Waals surface area contributed by atoms with Crippen LogP contribution in [-0.4, -0.2) is 11.9 Å². The van der Waals surface area contributed by atoms with Crippen LogP contribution in [0.1, 0.15) is 26.7 Å². The Morgan fingerprint density at radius 2 is 1.78 bits per heavy atom. The van der Waals surface area contributed by atoms with Gasteiger partial charge in [0.25, 0.3) is 0 Å². The predicted octanol–water partition coefficient (Wildman–Crippen LogP) is 2.55. The van der Waals surface area contributed by atoms with Crippen molar-refractivity contribution in [2.45, 2.75) is 26.7 Å². The number of amides is 3. The third-order valence-corrected chi connectivity index (χ3v) is 2.69. The average Bonchev–Trinajstić information content (AvgIpc) is 2.30. The third kappa shape index (κ3) is 4.45. The van der Waals surface area contributed by atoms with Gasteiger partial charge in [0.1, 0.15) is 0 Å². The van der Waals surface area contributed by atoms with Crippen LogP contribution in [0.3, 0.4) is 0 Å². The molecule has 0 aliphatic heterocycles. The van der Waals surface area contributed by atoms with Crippen molar-refractivity contribution in [2.24, 2.45) is 11.7 Å². The molecule has 0 bridgehead atoms. The van der Waals surface area contributed by atoms with Crippen molar-refractivity contribution < 1.29 is 9.59 Å². The van der Waals surface area contributed by atoms with Gasteiger partial charge in [0.15, 0.2) is 0 Å². The number of carbonyl (C=O) groups excluding carboxylic acids is 2. The van der Waals surface area contributed by atoms with Crippen molar-refractivity contribution in [2.75, 3.05) is 10.6 Å². The number of nitrogens with one attached hydrogen (secondary N) is 2. The first kappa shape index (κ1) is 14.0. The molecule has 0 aliphatic carbocycles. The van der Waals surface area contributed by atoms with Crippen molar-refractivity contribution in [3.8, 4) is 0 Å². The van der Waals surface area contributed by atoms with Gasteiger partial charge >= 0.3 is 6.03 Å². The SMILES string of the molecule is CCC(C)CC(=O)Nc1ccccc1NC(N)=O. The second-order valence-electron chi connectivity index (χ2n) is 4.30. The van der Waals surface area contributed by atoms with Gasteiger partial charge in [-0.1, -0.05) is 32.4 Å². The molecule has 0 saturated heterocycles. The number of hydrogen-bond donors (Lipinski definition) is 3. The summed E-state index contributed by atoms with van der Waals surface area (Å²) in [5.41, 5.74) is 6.13. The molecule has 5 heteroatoms. The summed E-state index contributed by atoms with van der Waals surface area (Å²) in [6, 6.07) is 6.29. The first-order valence-electron chi connectivity index (χ1n) is 5.98. The fourth-order valence-corrected chi connectivity index (χ4v) is 1.50. The van der Waals surface area contributed by atoms with E-state index in [2.05, 4.69) is 10.6 Å². The monoisotopic (exact) mass is 249 g/mol. The molecule has 3 amide bonds. The summed E-state index contributed by atoms with van der Waals surface area (Å²) >= 11 is 0. The summed E-state index contributed by atoms with van der Waals surface area (Å²) in [7, 11) is 0. The first-order chi connectivity index (χ1) is 8.52. The summed E-state index contributed by atoms with van der Waals surface area (Å²) in [5.74, 6) is 0.268. The number of primary amides is 1. The van der Waals surface area contributed by atoms with E-state index in [-0.39, 0.29) is 5.91 Å². The van der Waals surface area contributed by atoms with E-state index in [0.717, 1.165) is 6.42 Å². The van der Waals surface area contributed by atoms with Crippen LogP contribution < -0.4 is 16.4 Å². The largest absolute Gasteiger partial charge is 0.351 e. The molecule has 0 heterocycles. The minimum Gasteiger partial charge on any atom is -0.351 e. The molecule has 4 N–H and O–H groups in total. The third-order valence-electron chi connectivity index (χ3n) is 2.69. The number of nitrogens with two attached hydrogens (primary N) is 1. The van der Waals surface area contributed by atoms with Crippen LogP contribution in [0.25, 0.3) is 0 Å². The average molecular weight is 249 g/mol. The van der Waals surface area contributed by atoms with E-state index in [9.17, 15) is 9.59 Å². The molecule has 0 saturated carbocycles. The number of anilines is 2. The fourth-order valence-electron chi connectivity index (χ4n) is 1.50. The summed E-state index contributed by atoms with van der Waals surface area (Å²) < 4.78 is 0. The molecule has 98 valence electrons. The lowest BCUT2D eigenvalue weighted by Gasteiger charge is -2.12. The number of urea groups is 1. The molecule has 0 radical (unpaired) electrons. The molecule has 0 fully saturated rings. The van der Waals surface area contributed by atoms with E-state index in [4.69, 9.17) is 5.73 Å². The Hall–Kier alpha value is -2.04. The lowest BCUT2D eigenvalue weighted by molar-refractivity contribution is -0.117. The summed E-state index contributed by atoms with van der Waals surface area (Å²) in [4.78, 5) is 22.6. The maximum atomic E-state index is 11.8. The quantitative estimate of drug-likeness (QED) is 0.749. The van der Waals surface area contributed by atoms with Gasteiger partial charge in [0.05, 0.1) is 11.4 Å². The Balaban J connectivity index is 2.71. The van der Waals surface area contributed by atoms with Gasteiger partial charge in [0, 0.05) is 6.42 Å². The zero-order valence-electron chi connectivity index (χ0n) is 10.7. The van der Waals surface area contributed by atoms with Crippen LogP contribution in [0, 0.1) is 5.92 Å². The van der Waals surface area contributed by atoms with E-state index in [1.54, 1.807) is 24.3 Å². The van der Waals surface area contributed by atoms with E-state index >= 15 is 0 Å². The van der Waals surface area contributed by atoms with Crippen molar-refractivity contribution in [3.63, 3.8) is 0 Å². The molecule has 0 spiro atoms. The van der Waals surface area contributed by atoms with Crippen LogP contribution in [-0.2, 0) is 4.79 Å². The predicted molar refractivity (Wildman–Crippen MR) is 72.3 cm³/mol. The van der Waals surface area contributed by atoms with E-state index in [1.807, 2.05) is 13.8 Å². The van der Waals surface area contributed by atoms with Crippen LogP contribution >= 0.6 is 0 Å². The molecule has 18 heavy (non-hydrogen) atoms. The van der Waals surface area contributed by atoms with Crippen LogP contribution in [0.4, 0.5) is 16.2 Å². The van der Waals surface area contributed by atoms with Crippen LogP contribution in [0.2, 0.25) is 0 Å². The van der Waals surface area contributed by atoms with Gasteiger partial charge < -0.3 is 16.4 Å². The molecule has 0 aliphatic rings. The van der Waals surface area contributed by atoms with Crippen LogP contribution in [0.5, 0.6) is 0 Å². The van der Waals surface area contributed by atoms with Gasteiger partial charge in [0.2, 0.25) is 5.91 Å². The van der Waals surface area contributed by atoms with Gasteiger partial charge in [-0.2, -0.15) is 0 Å². The standard InChI is InChI=1S/C13H19N3O2/c1-3-9(2)8-12(17)15-10-6-4-5-7-11(10)16-13(14)18/h4-7,9H,3,8H2,1-2H3,(H,15,17)(H3,14,16,18). The molecule has 1 aromatic carbocycles. The molecular weight excluding hydrogens is 230 g/mol. The Kier molecular flexibility index (Phi) is 5.17. The molecule has 1 atom stereocenters. The number of benzene rings is 1. The smallest absolute Gasteiger partial charge is 0.316 e. The van der Waals surface area contributed by atoms with E-state index in [1.165, 1.54) is 0 Å².